The van der Waals surface area contributed by atoms with E-state index in [2.05, 4.69) is 5.32 Å². The van der Waals surface area contributed by atoms with Crippen LogP contribution >= 0.6 is 11.6 Å². The average Bonchev–Trinajstić information content (AvgIpc) is 3.35. The Bertz CT molecular complexity index is 829. The maximum atomic E-state index is 12.8. The van der Waals surface area contributed by atoms with Crippen molar-refractivity contribution in [2.75, 3.05) is 11.9 Å². The minimum atomic E-state index is -1.04. The van der Waals surface area contributed by atoms with Crippen LogP contribution in [0.1, 0.15) is 26.2 Å². The lowest BCUT2D eigenvalue weighted by atomic mass is 9.81. The molecule has 2 saturated carbocycles. The number of anilines is 1. The molecule has 0 aromatic heterocycles. The normalized spacial score (nSPS) is 29.0. The van der Waals surface area contributed by atoms with Crippen molar-refractivity contribution in [2.45, 2.75) is 32.2 Å². The molecule has 2 bridgehead atoms. The summed E-state index contributed by atoms with van der Waals surface area (Å²) in [7, 11) is 0. The molecule has 1 aromatic carbocycles. The fourth-order valence-electron chi connectivity index (χ4n) is 4.93. The topological polar surface area (TPSA) is 92.8 Å². The van der Waals surface area contributed by atoms with Gasteiger partial charge in [-0.05, 0) is 50.2 Å². The second kappa shape index (κ2) is 7.20. The quantitative estimate of drug-likeness (QED) is 0.600. The van der Waals surface area contributed by atoms with Crippen LogP contribution in [-0.4, -0.2) is 41.2 Å². The van der Waals surface area contributed by atoms with Crippen LogP contribution in [0.5, 0.6) is 0 Å². The number of benzene rings is 1. The summed E-state index contributed by atoms with van der Waals surface area (Å²) in [6.45, 7) is 0.940. The molecule has 28 heavy (non-hydrogen) atoms. The predicted octanol–water partition coefficient (Wildman–Crippen LogP) is 2.24. The molecule has 3 aliphatic rings. The summed E-state index contributed by atoms with van der Waals surface area (Å²) in [5.74, 6) is -1.94. The molecule has 1 heterocycles. The van der Waals surface area contributed by atoms with Crippen molar-refractivity contribution < 1.29 is 23.9 Å². The minimum absolute atomic E-state index is 0.251. The maximum absolute atomic E-state index is 12.8. The number of ether oxygens (including phenoxy) is 1. The Kier molecular flexibility index (Phi) is 4.87. The first-order chi connectivity index (χ1) is 13.4. The van der Waals surface area contributed by atoms with Gasteiger partial charge in [0.05, 0.1) is 22.5 Å². The molecule has 2 aliphatic carbocycles. The Balaban J connectivity index is 1.35. The molecule has 0 spiro atoms. The summed E-state index contributed by atoms with van der Waals surface area (Å²) in [5.41, 5.74) is 0.409. The molecule has 0 radical (unpaired) electrons. The van der Waals surface area contributed by atoms with Crippen LogP contribution in [0.2, 0.25) is 5.02 Å². The largest absolute Gasteiger partial charge is 0.454 e. The second-order valence-corrected chi connectivity index (χ2v) is 8.15. The van der Waals surface area contributed by atoms with Crippen molar-refractivity contribution in [1.29, 1.82) is 0 Å². The first-order valence-electron chi connectivity index (χ1n) is 9.46. The zero-order valence-electron chi connectivity index (χ0n) is 15.4. The van der Waals surface area contributed by atoms with Crippen molar-refractivity contribution in [2.24, 2.45) is 23.7 Å². The van der Waals surface area contributed by atoms with Gasteiger partial charge < -0.3 is 10.1 Å². The van der Waals surface area contributed by atoms with E-state index >= 15 is 0 Å². The van der Waals surface area contributed by atoms with E-state index in [-0.39, 0.29) is 35.5 Å². The summed E-state index contributed by atoms with van der Waals surface area (Å²) in [6.07, 6.45) is 2.88. The number of rotatable bonds is 5. The molecule has 4 rings (SSSR count). The van der Waals surface area contributed by atoms with Gasteiger partial charge in [-0.1, -0.05) is 23.7 Å². The Hall–Kier alpha value is -2.41. The van der Waals surface area contributed by atoms with Crippen LogP contribution in [0.4, 0.5) is 5.69 Å². The smallest absolute Gasteiger partial charge is 0.329 e. The zero-order valence-corrected chi connectivity index (χ0v) is 16.1. The third-order valence-corrected chi connectivity index (χ3v) is 6.51. The summed E-state index contributed by atoms with van der Waals surface area (Å²) in [4.78, 5) is 50.9. The number of fused-ring (bicyclic) bond motifs is 5. The molecule has 5 atom stereocenters. The van der Waals surface area contributed by atoms with E-state index in [9.17, 15) is 19.2 Å². The number of amides is 3. The average molecular weight is 405 g/mol. The number of imide groups is 1. The number of carbonyl (C=O) groups is 4. The van der Waals surface area contributed by atoms with Gasteiger partial charge in [0.1, 0.15) is 6.04 Å². The highest BCUT2D eigenvalue weighted by atomic mass is 35.5. The highest BCUT2D eigenvalue weighted by molar-refractivity contribution is 6.33. The summed E-state index contributed by atoms with van der Waals surface area (Å²) >= 11 is 5.97. The fourth-order valence-corrected chi connectivity index (χ4v) is 5.11. The van der Waals surface area contributed by atoms with E-state index in [0.29, 0.717) is 10.7 Å². The van der Waals surface area contributed by atoms with Gasteiger partial charge >= 0.3 is 5.97 Å². The number of para-hydroxylation sites is 1. The molecule has 8 heteroatoms. The number of carbonyl (C=O) groups excluding carboxylic acids is 4. The first-order valence-corrected chi connectivity index (χ1v) is 9.84. The van der Waals surface area contributed by atoms with E-state index in [1.165, 1.54) is 6.92 Å². The van der Waals surface area contributed by atoms with Crippen LogP contribution < -0.4 is 5.32 Å². The molecule has 7 nitrogen and oxygen atoms in total. The number of esters is 1. The van der Waals surface area contributed by atoms with Gasteiger partial charge in [0.2, 0.25) is 11.8 Å². The molecule has 1 N–H and O–H groups in total. The SMILES string of the molecule is C[C@@H](C(=O)OCC(=O)Nc1ccccc1Cl)N1C(=O)[C@@H]2[C@@H]3CC[C@@H](C3)[C@@H]2C1=O. The molecule has 1 aromatic rings. The van der Waals surface area contributed by atoms with Crippen LogP contribution in [0.3, 0.4) is 0 Å². The number of hydrogen-bond donors (Lipinski definition) is 1. The van der Waals surface area contributed by atoms with Crippen molar-refractivity contribution in [3.63, 3.8) is 0 Å². The van der Waals surface area contributed by atoms with Gasteiger partial charge in [0, 0.05) is 0 Å². The van der Waals surface area contributed by atoms with Crippen molar-refractivity contribution >= 4 is 41.0 Å². The van der Waals surface area contributed by atoms with Crippen LogP contribution in [0.25, 0.3) is 0 Å². The lowest BCUT2D eigenvalue weighted by molar-refractivity contribution is -0.159. The molecule has 148 valence electrons. The van der Waals surface area contributed by atoms with E-state index in [4.69, 9.17) is 16.3 Å². The van der Waals surface area contributed by atoms with Gasteiger partial charge in [-0.3, -0.25) is 19.3 Å². The lowest BCUT2D eigenvalue weighted by Crippen LogP contribution is -2.45. The highest BCUT2D eigenvalue weighted by Gasteiger charge is 2.62. The maximum Gasteiger partial charge on any atom is 0.329 e. The molecule has 0 unspecified atom stereocenters. The van der Waals surface area contributed by atoms with Gasteiger partial charge in [-0.2, -0.15) is 0 Å². The van der Waals surface area contributed by atoms with E-state index in [1.807, 2.05) is 0 Å². The molecule has 1 aliphatic heterocycles. The molecule has 1 saturated heterocycles. The summed E-state index contributed by atoms with van der Waals surface area (Å²) in [5, 5.41) is 2.91. The minimum Gasteiger partial charge on any atom is -0.454 e. The first kappa shape index (κ1) is 18.9. The Morgan fingerprint density at radius 3 is 2.39 bits per heavy atom. The number of nitrogens with one attached hydrogen (secondary N) is 1. The van der Waals surface area contributed by atoms with Crippen molar-refractivity contribution in [3.8, 4) is 0 Å². The second-order valence-electron chi connectivity index (χ2n) is 7.74. The molecule has 3 fully saturated rings. The molecular weight excluding hydrogens is 384 g/mol. The number of likely N-dealkylation sites (tertiary alicyclic amines) is 1. The third kappa shape index (κ3) is 3.07. The zero-order chi connectivity index (χ0) is 20.0. The van der Waals surface area contributed by atoms with E-state index in [1.54, 1.807) is 24.3 Å². The number of hydrogen-bond acceptors (Lipinski definition) is 5. The summed E-state index contributed by atoms with van der Waals surface area (Å²) in [6, 6.07) is 5.65. The Morgan fingerprint density at radius 2 is 1.79 bits per heavy atom. The van der Waals surface area contributed by atoms with Gasteiger partial charge in [-0.15, -0.1) is 0 Å². The summed E-state index contributed by atoms with van der Waals surface area (Å²) < 4.78 is 5.04. The lowest BCUT2D eigenvalue weighted by Gasteiger charge is -2.23. The predicted molar refractivity (Wildman–Crippen MR) is 100 cm³/mol. The molecular formula is C20H21ClN2O5. The van der Waals surface area contributed by atoms with Crippen LogP contribution in [0, 0.1) is 23.7 Å². The molecule has 3 amide bonds. The van der Waals surface area contributed by atoms with Crippen molar-refractivity contribution in [1.82, 2.24) is 4.90 Å². The van der Waals surface area contributed by atoms with Gasteiger partial charge in [0.25, 0.3) is 5.91 Å². The Morgan fingerprint density at radius 1 is 1.18 bits per heavy atom. The van der Waals surface area contributed by atoms with Crippen LogP contribution in [0.15, 0.2) is 24.3 Å². The highest BCUT2D eigenvalue weighted by Crippen LogP contribution is 2.56. The van der Waals surface area contributed by atoms with Crippen molar-refractivity contribution in [3.05, 3.63) is 29.3 Å². The number of halogens is 1. The monoisotopic (exact) mass is 404 g/mol. The fraction of sp³-hybridized carbons (Fsp3) is 0.500. The van der Waals surface area contributed by atoms with Gasteiger partial charge in [-0.25, -0.2) is 4.79 Å². The standard InChI is InChI=1S/C20H21ClN2O5/c1-10(20(27)28-9-15(24)22-14-5-3-2-4-13(14)21)23-18(25)16-11-6-7-12(8-11)17(16)19(23)26/h2-5,10-12,16-17H,6-9H2,1H3,(H,22,24)/t10-,11-,12+,16-,17+/m0/s1. The van der Waals surface area contributed by atoms with E-state index < -0.39 is 24.5 Å². The van der Waals surface area contributed by atoms with Crippen LogP contribution in [-0.2, 0) is 23.9 Å². The number of nitrogens with zero attached hydrogens (tertiary/aromatic N) is 1. The van der Waals surface area contributed by atoms with Gasteiger partial charge in [0.15, 0.2) is 6.61 Å². The Labute approximate surface area is 167 Å². The third-order valence-electron chi connectivity index (χ3n) is 6.18. The van der Waals surface area contributed by atoms with E-state index in [0.717, 1.165) is 24.2 Å².